The number of nitrogens with two attached hydrogens (primary N) is 3. The minimum absolute atomic E-state index is 0.0157. The number of H-pyrrole nitrogens is 1. The number of primary amides is 2. The molecule has 18 nitrogen and oxygen atoms in total. The Morgan fingerprint density at radius 2 is 0.982 bits per heavy atom. The van der Waals surface area contributed by atoms with Gasteiger partial charge in [-0.25, -0.2) is 31.1 Å². The van der Waals surface area contributed by atoms with E-state index in [-0.39, 0.29) is 77.3 Å². The number of carbonyl (C=O) groups is 5. The van der Waals surface area contributed by atoms with Gasteiger partial charge in [-0.05, 0) is 179 Å². The lowest BCUT2D eigenvalue weighted by atomic mass is 9.85. The van der Waals surface area contributed by atoms with Crippen LogP contribution in [0.5, 0.6) is 0 Å². The Hall–Kier alpha value is -10.3. The molecule has 12 rings (SSSR count). The van der Waals surface area contributed by atoms with Gasteiger partial charge < -0.3 is 27.0 Å². The highest BCUT2D eigenvalue weighted by atomic mass is 79.9. The normalized spacial score (nSPS) is 14.8. The average Bonchev–Trinajstić information content (AvgIpc) is 1.55. The first-order valence-corrected chi connectivity index (χ1v) is 35.5. The monoisotopic (exact) mass is 1620 g/mol. The minimum Gasteiger partial charge on any atom is -0.480 e. The molecule has 3 aliphatic carbocycles. The third-order valence-electron chi connectivity index (χ3n) is 17.7. The van der Waals surface area contributed by atoms with Crippen LogP contribution in [-0.4, -0.2) is 85.8 Å². The quantitative estimate of drug-likeness (QED) is 0.0214. The first-order valence-electron chi connectivity index (χ1n) is 34.6. The number of ether oxygens (including phenoxy) is 1. The Bertz CT molecular complexity index is 4680. The molecule has 0 aliphatic heterocycles. The highest BCUT2D eigenvalue weighted by Crippen LogP contribution is 2.46. The lowest BCUT2D eigenvalue weighted by Crippen LogP contribution is -2.25. The number of carboxylic acid groups (broad SMARTS) is 1. The summed E-state index contributed by atoms with van der Waals surface area (Å²) in [7, 11) is 0. The number of nitrogens with one attached hydrogen (secondary N) is 1. The van der Waals surface area contributed by atoms with Gasteiger partial charge in [-0.15, -0.1) is 0 Å². The van der Waals surface area contributed by atoms with Crippen LogP contribution in [0.2, 0.25) is 0 Å². The number of carboxylic acids is 1. The van der Waals surface area contributed by atoms with Gasteiger partial charge in [0.05, 0.1) is 35.2 Å². The average molecular weight is 1620 g/mol. The molecular weight excluding hydrogens is 1540 g/mol. The van der Waals surface area contributed by atoms with Gasteiger partial charge >= 0.3 is 30.5 Å². The van der Waals surface area contributed by atoms with Crippen LogP contribution in [0.3, 0.4) is 0 Å². The van der Waals surface area contributed by atoms with E-state index in [9.17, 15) is 89.8 Å². The van der Waals surface area contributed by atoms with Crippen molar-refractivity contribution >= 4 is 45.5 Å². The first kappa shape index (κ1) is 85.4. The van der Waals surface area contributed by atoms with Crippen LogP contribution in [-0.2, 0) is 50.5 Å². The largest absolute Gasteiger partial charge is 0.480 e. The van der Waals surface area contributed by atoms with E-state index in [1.165, 1.54) is 53.5 Å². The van der Waals surface area contributed by atoms with Gasteiger partial charge in [-0.3, -0.25) is 43.6 Å². The molecule has 5 atom stereocenters. The fraction of sp³-hybridized carbons (Fsp3) is 0.368. The molecule has 3 aliphatic rings. The van der Waals surface area contributed by atoms with E-state index in [4.69, 9.17) is 27.0 Å². The summed E-state index contributed by atoms with van der Waals surface area (Å²) in [6.07, 6.45) is -4.73. The molecule has 0 radical (unpaired) electrons. The number of rotatable bonds is 24. The molecule has 5 aromatic heterocycles. The lowest BCUT2D eigenvalue weighted by Gasteiger charge is -2.23. The summed E-state index contributed by atoms with van der Waals surface area (Å²) in [5.41, 5.74) is 17.8. The molecule has 34 heteroatoms. The van der Waals surface area contributed by atoms with E-state index in [1.54, 1.807) is 45.0 Å². The number of esters is 1. The molecule has 0 saturated heterocycles. The summed E-state index contributed by atoms with van der Waals surface area (Å²) in [6, 6.07) is 20.7. The van der Waals surface area contributed by atoms with Gasteiger partial charge in [0.25, 0.3) is 11.8 Å². The summed E-state index contributed by atoms with van der Waals surface area (Å²) < 4.78 is 205. The molecule has 0 bridgehead atoms. The van der Waals surface area contributed by atoms with Crippen molar-refractivity contribution in [3.8, 4) is 22.3 Å². The fourth-order valence-electron chi connectivity index (χ4n) is 11.9. The van der Waals surface area contributed by atoms with E-state index in [0.717, 1.165) is 85.3 Å². The Labute approximate surface area is 628 Å². The summed E-state index contributed by atoms with van der Waals surface area (Å²) in [4.78, 5) is 67.5. The predicted octanol–water partition coefficient (Wildman–Crippen LogP) is 17.6. The van der Waals surface area contributed by atoms with Crippen molar-refractivity contribution in [2.24, 2.45) is 17.2 Å². The van der Waals surface area contributed by atoms with Crippen molar-refractivity contribution in [1.29, 1.82) is 0 Å². The maximum absolute atomic E-state index is 14.3. The van der Waals surface area contributed by atoms with Crippen LogP contribution in [0, 0.1) is 34.9 Å². The number of alkyl halides is 10. The Morgan fingerprint density at radius 1 is 0.555 bits per heavy atom. The zero-order valence-electron chi connectivity index (χ0n) is 59.2. The molecule has 110 heavy (non-hydrogen) atoms. The lowest BCUT2D eigenvalue weighted by molar-refractivity contribution is -0.144. The van der Waals surface area contributed by atoms with Crippen LogP contribution in [0.4, 0.5) is 65.9 Å². The number of pyridine rings is 2. The number of hydrogen-bond acceptors (Lipinski definition) is 12. The number of aromatic nitrogens is 8. The van der Waals surface area contributed by atoms with E-state index in [2.05, 4.69) is 46.3 Å². The van der Waals surface area contributed by atoms with E-state index in [0.29, 0.717) is 81.8 Å². The fourth-order valence-corrected chi connectivity index (χ4v) is 12.0. The second kappa shape index (κ2) is 37.0. The van der Waals surface area contributed by atoms with Crippen molar-refractivity contribution in [2.45, 2.75) is 170 Å². The molecule has 588 valence electrons. The second-order valence-electron chi connectivity index (χ2n) is 26.1. The van der Waals surface area contributed by atoms with Gasteiger partial charge in [0.1, 0.15) is 51.8 Å². The Balaban J connectivity index is 0.000000194. The summed E-state index contributed by atoms with van der Waals surface area (Å²) in [6.45, 7) is 7.47. The van der Waals surface area contributed by atoms with E-state index >= 15 is 0 Å². The highest BCUT2D eigenvalue weighted by molar-refractivity contribution is 9.10. The van der Waals surface area contributed by atoms with Gasteiger partial charge in [0.2, 0.25) is 0 Å². The molecule has 3 unspecified atom stereocenters. The van der Waals surface area contributed by atoms with Crippen molar-refractivity contribution < 1.29 is 99.7 Å². The number of ketones is 1. The van der Waals surface area contributed by atoms with Crippen molar-refractivity contribution in [2.75, 3.05) is 6.61 Å². The Morgan fingerprint density at radius 3 is 1.37 bits per heavy atom. The number of aromatic amines is 1. The summed E-state index contributed by atoms with van der Waals surface area (Å²) >= 11 is 3.17. The van der Waals surface area contributed by atoms with Gasteiger partial charge in [0, 0.05) is 82.8 Å². The number of aliphatic carboxylic acids is 1. The number of amides is 2. The number of benzene rings is 4. The van der Waals surface area contributed by atoms with Crippen LogP contribution in [0.25, 0.3) is 22.3 Å². The zero-order valence-corrected chi connectivity index (χ0v) is 60.8. The molecule has 3 saturated carbocycles. The number of halogens is 16. The van der Waals surface area contributed by atoms with E-state index < -0.39 is 118 Å². The third-order valence-corrected chi connectivity index (χ3v) is 18.7. The minimum atomic E-state index is -4.69. The number of carbonyl (C=O) groups excluding carboxylic acids is 4. The first-order chi connectivity index (χ1) is 51.8. The van der Waals surface area contributed by atoms with Gasteiger partial charge in [-0.1, -0.05) is 61.0 Å². The van der Waals surface area contributed by atoms with Gasteiger partial charge in [0.15, 0.2) is 22.9 Å². The molecule has 0 spiro atoms. The standard InChI is InChI=1S/C32H28F6N4O2.C20H16F3N3O.C11H13F3N2O2.C7H7F3N2.C6H11BrO2/c1-2-26(42-27(18-5-6-18)16-29(41-42)32(36,37)38)28(43)14-20(10-17-11-21(33)15-22(34)12-17)30-23(4-3-9-40-30)19-7-8-25(35)24(13-19)31(39)44;21-13-6-11(7-14(22)10-13)8-18(24)19-15(2-1-5-26-19)12-3-4-17(23)16(9-12)20(25)27;1-2-7(10(17)18)16-8(6-3-4-6)5-9(15-16)11(12,13)14;8-7(9,10)6-3-5(11-12-6)4-1-2-4;1-3-5(7)6(8)9-4-2/h3-4,7-9,11-13,15-16,18,20,26H,2,5-6,10,14H2,1H3,(H2,39,44);1-7,9-10,18H,8,24H2,(H2,25,27);5-7H,2-4H2,1H3,(H,17,18);3-4H,1-2H2,(H,11,12);5H,3-4H2,1-2H3/t20-,26?;18-;;;/m10.../s1. The Kier molecular flexibility index (Phi) is 28.7. The second-order valence-corrected chi connectivity index (χ2v) is 27.2. The summed E-state index contributed by atoms with van der Waals surface area (Å²) in [5, 5.41) is 21.9. The molecule has 4 aromatic carbocycles. The van der Waals surface area contributed by atoms with Crippen LogP contribution < -0.4 is 17.2 Å². The third kappa shape index (κ3) is 23.2. The number of hydrogen-bond donors (Lipinski definition) is 5. The topological polar surface area (TPSA) is 283 Å². The molecule has 8 N–H and O–H groups in total. The highest BCUT2D eigenvalue weighted by Gasteiger charge is 2.42. The SMILES string of the molecule is CCC(C(=O)C[C@@H](Cc1cc(F)cc(F)c1)c1ncccc1-c1ccc(F)c(C(N)=O)c1)n1nc(C(F)(F)F)cc1C1CC1.CCC(C(=O)O)n1nc(C(F)(F)F)cc1C1CC1.CCOC(=O)C(Br)CC.FC(F)(F)c1cc(C2CC2)[nH]n1.NC(=O)c1cc(-c2cccnc2[C@@H](N)Cc2cc(F)cc(F)c2)ccc1F. The molecular formula is C76H75BrF15N11O7. The van der Waals surface area contributed by atoms with Crippen LogP contribution in [0.1, 0.15) is 211 Å². The van der Waals surface area contributed by atoms with Gasteiger partial charge in [-0.2, -0.15) is 54.8 Å². The van der Waals surface area contributed by atoms with Crippen LogP contribution in [0.15, 0.2) is 128 Å². The maximum Gasteiger partial charge on any atom is 0.435 e. The van der Waals surface area contributed by atoms with E-state index in [1.807, 2.05) is 6.92 Å². The molecule has 2 amide bonds. The smallest absolute Gasteiger partial charge is 0.435 e. The maximum atomic E-state index is 14.3. The number of nitrogens with zero attached hydrogens (tertiary/aromatic N) is 7. The molecule has 5 heterocycles. The van der Waals surface area contributed by atoms with Crippen molar-refractivity contribution in [1.82, 2.24) is 39.7 Å². The molecule has 9 aromatic rings. The van der Waals surface area contributed by atoms with Crippen molar-refractivity contribution in [3.05, 3.63) is 230 Å². The summed E-state index contributed by atoms with van der Waals surface area (Å²) in [5.74, 6) is -8.89. The predicted molar refractivity (Wildman–Crippen MR) is 376 cm³/mol. The molecule has 3 fully saturated rings. The zero-order chi connectivity index (χ0) is 80.9. The van der Waals surface area contributed by atoms with Crippen LogP contribution >= 0.6 is 15.9 Å². The number of Topliss-reactive ketones (excluding diaryl/α,β-unsaturated/α-hetero) is 1. The van der Waals surface area contributed by atoms with Crippen molar-refractivity contribution in [3.63, 3.8) is 0 Å².